The van der Waals surface area contributed by atoms with E-state index in [1.165, 1.54) is 6.07 Å². The average Bonchev–Trinajstić information content (AvgIpc) is 3.63. The summed E-state index contributed by atoms with van der Waals surface area (Å²) >= 11 is 0. The third-order valence-electron chi connectivity index (χ3n) is 11.8. The summed E-state index contributed by atoms with van der Waals surface area (Å²) in [7, 11) is 1.65. The van der Waals surface area contributed by atoms with E-state index in [2.05, 4.69) is 33.2 Å². The number of hydrogen-bond acceptors (Lipinski definition) is 8. The molecule has 10 nitrogen and oxygen atoms in total. The van der Waals surface area contributed by atoms with Crippen molar-refractivity contribution < 1.29 is 23.0 Å². The van der Waals surface area contributed by atoms with Crippen LogP contribution in [-0.4, -0.2) is 75.5 Å². The first kappa shape index (κ1) is 36.4. The minimum absolute atomic E-state index is 0.0217. The van der Waals surface area contributed by atoms with Crippen LogP contribution in [-0.2, 0) is 32.4 Å². The number of carbonyl (C=O) groups is 1. The first-order valence-electron chi connectivity index (χ1n) is 19.6. The molecule has 4 aromatic rings. The summed E-state index contributed by atoms with van der Waals surface area (Å²) in [6.07, 6.45) is 8.66. The van der Waals surface area contributed by atoms with Crippen molar-refractivity contribution in [3.63, 3.8) is 0 Å². The van der Waals surface area contributed by atoms with Gasteiger partial charge in [0, 0.05) is 37.7 Å². The summed E-state index contributed by atoms with van der Waals surface area (Å²) in [5.74, 6) is 0.705. The van der Waals surface area contributed by atoms with Crippen LogP contribution >= 0.6 is 0 Å². The molecule has 286 valence electrons. The van der Waals surface area contributed by atoms with Crippen molar-refractivity contribution in [1.82, 2.24) is 30.0 Å². The Balaban J connectivity index is 1.20. The van der Waals surface area contributed by atoms with Crippen molar-refractivity contribution >= 4 is 28.1 Å². The molecule has 2 saturated heterocycles. The zero-order valence-electron chi connectivity index (χ0n) is 32.1. The highest BCUT2D eigenvalue weighted by Gasteiger charge is 2.48. The second-order valence-corrected chi connectivity index (χ2v) is 16.0. The summed E-state index contributed by atoms with van der Waals surface area (Å²) in [6.45, 7) is 11.9. The molecule has 0 saturated carbocycles. The molecular formula is C42H51F2N7O3. The molecule has 0 radical (unpaired) electrons. The molecule has 1 aliphatic carbocycles. The maximum atomic E-state index is 16.1. The Morgan fingerprint density at radius 1 is 1.13 bits per heavy atom. The second-order valence-electron chi connectivity index (χ2n) is 16.0. The zero-order valence-corrected chi connectivity index (χ0v) is 32.1. The Kier molecular flexibility index (Phi) is 9.83. The third kappa shape index (κ3) is 6.60. The topological polar surface area (TPSA) is 97.6 Å². The maximum Gasteiger partial charge on any atom is 0.318 e. The van der Waals surface area contributed by atoms with Gasteiger partial charge in [-0.2, -0.15) is 15.1 Å². The van der Waals surface area contributed by atoms with Crippen LogP contribution in [0.25, 0.3) is 16.3 Å². The van der Waals surface area contributed by atoms with Gasteiger partial charge in [-0.3, -0.25) is 14.4 Å². The van der Waals surface area contributed by atoms with Crippen molar-refractivity contribution in [3.05, 3.63) is 75.7 Å². The number of anilines is 1. The first-order valence-corrected chi connectivity index (χ1v) is 19.6. The van der Waals surface area contributed by atoms with Crippen molar-refractivity contribution in [2.24, 2.45) is 5.92 Å². The standard InChI is InChI=1S/C42H51F2N7O3/c1-6-30-33(43)13-12-28-18-29(53-5)20-32(36(28)30)27-10-7-11-31-34(19-27)46-41(54-24-42-14-8-16-50(42)22-26(4)21-42)47-39(31)49-15-9-17-51-35(23-49)37(44)38(48-51)40(52)45-25(2)3/h10,12-13,18,20,25-26H,6-9,11,14-17,19,21-24H2,1-5H3,(H,45,52)/t26-,42+/m1/s1. The van der Waals surface area contributed by atoms with E-state index in [1.807, 2.05) is 39.0 Å². The lowest BCUT2D eigenvalue weighted by atomic mass is 9.90. The number of fused-ring (bicyclic) bond motifs is 4. The van der Waals surface area contributed by atoms with Gasteiger partial charge in [-0.15, -0.1) is 0 Å². The summed E-state index contributed by atoms with van der Waals surface area (Å²) in [5.41, 5.74) is 4.65. The Hall–Kier alpha value is -4.58. The number of nitrogens with zero attached hydrogens (tertiary/aromatic N) is 6. The van der Waals surface area contributed by atoms with Gasteiger partial charge in [0.2, 0.25) is 0 Å². The smallest absolute Gasteiger partial charge is 0.318 e. The average molecular weight is 740 g/mol. The monoisotopic (exact) mass is 739 g/mol. The lowest BCUT2D eigenvalue weighted by Crippen LogP contribution is -2.43. The van der Waals surface area contributed by atoms with Crippen molar-refractivity contribution in [2.75, 3.05) is 38.3 Å². The fourth-order valence-corrected chi connectivity index (χ4v) is 9.44. The number of hydrogen-bond donors (Lipinski definition) is 1. The molecule has 2 aromatic heterocycles. The van der Waals surface area contributed by atoms with E-state index in [1.54, 1.807) is 11.8 Å². The molecule has 2 atom stereocenters. The number of methoxy groups -OCH3 is 1. The molecule has 12 heteroatoms. The van der Waals surface area contributed by atoms with E-state index < -0.39 is 11.7 Å². The number of amides is 1. The van der Waals surface area contributed by atoms with Gasteiger partial charge in [-0.1, -0.05) is 26.0 Å². The van der Waals surface area contributed by atoms with Crippen LogP contribution in [0.4, 0.5) is 14.6 Å². The fourth-order valence-electron chi connectivity index (χ4n) is 9.44. The van der Waals surface area contributed by atoms with Gasteiger partial charge >= 0.3 is 6.01 Å². The van der Waals surface area contributed by atoms with Gasteiger partial charge in [0.05, 0.1) is 30.6 Å². The van der Waals surface area contributed by atoms with Gasteiger partial charge in [-0.25, -0.2) is 8.78 Å². The summed E-state index contributed by atoms with van der Waals surface area (Å²) < 4.78 is 45.4. The van der Waals surface area contributed by atoms with Crippen molar-refractivity contribution in [1.29, 1.82) is 0 Å². The molecule has 1 N–H and O–H groups in total. The third-order valence-corrected chi connectivity index (χ3v) is 11.8. The van der Waals surface area contributed by atoms with Crippen molar-refractivity contribution in [3.8, 4) is 11.8 Å². The molecule has 2 aromatic carbocycles. The molecule has 2 fully saturated rings. The van der Waals surface area contributed by atoms with Crippen LogP contribution in [0, 0.1) is 17.6 Å². The molecule has 0 unspecified atom stereocenters. The van der Waals surface area contributed by atoms with Gasteiger partial charge < -0.3 is 19.7 Å². The number of rotatable bonds is 9. The quantitative estimate of drug-likeness (QED) is 0.195. The maximum absolute atomic E-state index is 16.1. The van der Waals surface area contributed by atoms with E-state index in [0.717, 1.165) is 71.3 Å². The van der Waals surface area contributed by atoms with Gasteiger partial charge in [-0.05, 0) is 117 Å². The number of aryl methyl sites for hydroxylation is 2. The van der Waals surface area contributed by atoms with E-state index in [0.29, 0.717) is 80.7 Å². The van der Waals surface area contributed by atoms with Gasteiger partial charge in [0.1, 0.15) is 24.0 Å². The Morgan fingerprint density at radius 2 is 1.98 bits per heavy atom. The largest absolute Gasteiger partial charge is 0.497 e. The zero-order chi connectivity index (χ0) is 37.7. The number of ether oxygens (including phenoxy) is 2. The Bertz CT molecular complexity index is 2130. The summed E-state index contributed by atoms with van der Waals surface area (Å²) in [6, 6.07) is 7.51. The Morgan fingerprint density at radius 3 is 2.78 bits per heavy atom. The predicted molar refractivity (Wildman–Crippen MR) is 205 cm³/mol. The van der Waals surface area contributed by atoms with Crippen LogP contribution in [0.15, 0.2) is 30.3 Å². The van der Waals surface area contributed by atoms with E-state index in [9.17, 15) is 4.79 Å². The number of halogens is 2. The highest BCUT2D eigenvalue weighted by atomic mass is 19.1. The molecule has 0 bridgehead atoms. The Labute approximate surface area is 315 Å². The first-order chi connectivity index (χ1) is 26.1. The normalized spacial score (nSPS) is 21.4. The van der Waals surface area contributed by atoms with Crippen LogP contribution in [0.3, 0.4) is 0 Å². The highest BCUT2D eigenvalue weighted by Crippen LogP contribution is 2.43. The number of carbonyl (C=O) groups excluding carboxylic acids is 1. The molecule has 54 heavy (non-hydrogen) atoms. The number of nitrogens with one attached hydrogen (secondary N) is 1. The van der Waals surface area contributed by atoms with E-state index in [-0.39, 0.29) is 29.6 Å². The summed E-state index contributed by atoms with van der Waals surface area (Å²) in [5, 5.41) is 9.02. The predicted octanol–water partition coefficient (Wildman–Crippen LogP) is 7.05. The van der Waals surface area contributed by atoms with E-state index in [4.69, 9.17) is 19.4 Å². The molecule has 4 aliphatic rings. The number of aromatic nitrogens is 4. The number of benzene rings is 2. The molecule has 8 rings (SSSR count). The molecule has 5 heterocycles. The molecule has 1 amide bonds. The minimum atomic E-state index is -0.597. The molecule has 3 aliphatic heterocycles. The van der Waals surface area contributed by atoms with Crippen LogP contribution in [0.1, 0.15) is 98.4 Å². The van der Waals surface area contributed by atoms with E-state index >= 15 is 8.78 Å². The minimum Gasteiger partial charge on any atom is -0.497 e. The van der Waals surface area contributed by atoms with Crippen LogP contribution in [0.2, 0.25) is 0 Å². The molecule has 0 spiro atoms. The van der Waals surface area contributed by atoms with Crippen LogP contribution < -0.4 is 19.7 Å². The van der Waals surface area contributed by atoms with Crippen LogP contribution in [0.5, 0.6) is 11.8 Å². The van der Waals surface area contributed by atoms with Gasteiger partial charge in [0.25, 0.3) is 5.91 Å². The van der Waals surface area contributed by atoms with Gasteiger partial charge in [0.15, 0.2) is 11.5 Å². The lowest BCUT2D eigenvalue weighted by molar-refractivity contribution is 0.0933. The summed E-state index contributed by atoms with van der Waals surface area (Å²) in [4.78, 5) is 27.9. The fraction of sp³-hybridized carbons (Fsp3) is 0.524. The lowest BCUT2D eigenvalue weighted by Gasteiger charge is -2.31. The van der Waals surface area contributed by atoms with Crippen molar-refractivity contribution in [2.45, 2.75) is 104 Å². The second kappa shape index (κ2) is 14.6. The molecular weight excluding hydrogens is 689 g/mol. The highest BCUT2D eigenvalue weighted by molar-refractivity contribution is 5.98. The number of allylic oxidation sites excluding steroid dienone is 2. The SMILES string of the molecule is CCc1c(F)ccc2cc(OC)cc(C3=CCCc4c(nc(OC[C@@]56CCCN5C[C@H](C)C6)nc4N4CCCn5nc(C(=O)NC(C)C)c(F)c5C4)C3)c12.